The van der Waals surface area contributed by atoms with Crippen LogP contribution in [-0.2, 0) is 6.42 Å². The zero-order chi connectivity index (χ0) is 13.0. The van der Waals surface area contributed by atoms with Gasteiger partial charge in [-0.3, -0.25) is 0 Å². The summed E-state index contributed by atoms with van der Waals surface area (Å²) in [5.74, 6) is 0.317. The first kappa shape index (κ1) is 13.2. The van der Waals surface area contributed by atoms with E-state index in [9.17, 15) is 5.11 Å². The van der Waals surface area contributed by atoms with Crippen molar-refractivity contribution in [1.29, 1.82) is 0 Å². The molecule has 0 saturated carbocycles. The molecule has 3 heteroatoms. The summed E-state index contributed by atoms with van der Waals surface area (Å²) in [6, 6.07) is 5.23. The molecule has 3 N–H and O–H groups in total. The van der Waals surface area contributed by atoms with Crippen molar-refractivity contribution in [1.82, 2.24) is 0 Å². The molecule has 3 nitrogen and oxygen atoms in total. The van der Waals surface area contributed by atoms with Gasteiger partial charge < -0.3 is 15.3 Å². The Bertz CT molecular complexity index is 397. The number of unbranched alkanes of at least 4 members (excludes halogenated alkanes) is 1. The Morgan fingerprint density at radius 2 is 1.94 bits per heavy atom. The summed E-state index contributed by atoms with van der Waals surface area (Å²) in [5.41, 5.74) is 7.79. The molecular formula is C15H25N2O+. The number of aromatic hydroxyl groups is 1. The molecular weight excluding hydrogens is 224 g/mol. The number of nitrogen functional groups attached to an aromatic ring is 1. The summed E-state index contributed by atoms with van der Waals surface area (Å²) < 4.78 is 1.25. The number of hydrogen-bond donors (Lipinski definition) is 2. The van der Waals surface area contributed by atoms with Crippen molar-refractivity contribution in [2.75, 3.05) is 32.4 Å². The molecule has 1 fully saturated rings. The minimum Gasteiger partial charge on any atom is -0.508 e. The maximum atomic E-state index is 9.45. The standard InChI is InChI=1S/C15H24N2O/c1-17(10-4-5-11-17)9-3-2-6-13-12-14(18)7-8-15(13)16/h7-8,12H,2-6,9-11,16H2,1H3/p+1. The Morgan fingerprint density at radius 1 is 1.22 bits per heavy atom. The van der Waals surface area contributed by atoms with Gasteiger partial charge in [-0.15, -0.1) is 0 Å². The summed E-state index contributed by atoms with van der Waals surface area (Å²) in [6.45, 7) is 3.96. The van der Waals surface area contributed by atoms with Crippen LogP contribution in [0.3, 0.4) is 0 Å². The van der Waals surface area contributed by atoms with Crippen LogP contribution in [0.5, 0.6) is 5.75 Å². The van der Waals surface area contributed by atoms with Gasteiger partial charge in [0, 0.05) is 18.5 Å². The van der Waals surface area contributed by atoms with Gasteiger partial charge >= 0.3 is 0 Å². The molecule has 1 aromatic carbocycles. The smallest absolute Gasteiger partial charge is 0.116 e. The molecule has 1 saturated heterocycles. The van der Waals surface area contributed by atoms with Crippen LogP contribution in [0.15, 0.2) is 18.2 Å². The summed E-state index contributed by atoms with van der Waals surface area (Å²) in [4.78, 5) is 0. The average Bonchev–Trinajstić information content (AvgIpc) is 2.76. The van der Waals surface area contributed by atoms with E-state index in [1.165, 1.54) is 43.4 Å². The highest BCUT2D eigenvalue weighted by Crippen LogP contribution is 2.21. The van der Waals surface area contributed by atoms with Crippen LogP contribution in [0.2, 0.25) is 0 Å². The van der Waals surface area contributed by atoms with Gasteiger partial charge in [-0.25, -0.2) is 0 Å². The van der Waals surface area contributed by atoms with Crippen LogP contribution < -0.4 is 5.73 Å². The number of phenols is 1. The van der Waals surface area contributed by atoms with Gasteiger partial charge in [0.2, 0.25) is 0 Å². The number of rotatable bonds is 5. The van der Waals surface area contributed by atoms with Crippen molar-refractivity contribution in [2.24, 2.45) is 0 Å². The first-order chi connectivity index (χ1) is 8.59. The second kappa shape index (κ2) is 5.61. The Hall–Kier alpha value is -1.22. The second-order valence-corrected chi connectivity index (χ2v) is 5.84. The molecule has 1 aliphatic heterocycles. The van der Waals surface area contributed by atoms with Crippen LogP contribution >= 0.6 is 0 Å². The molecule has 0 spiro atoms. The van der Waals surface area contributed by atoms with E-state index in [2.05, 4.69) is 7.05 Å². The van der Waals surface area contributed by atoms with Gasteiger partial charge in [0.1, 0.15) is 5.75 Å². The highest BCUT2D eigenvalue weighted by Gasteiger charge is 2.25. The third-order valence-corrected chi connectivity index (χ3v) is 4.17. The Morgan fingerprint density at radius 3 is 2.67 bits per heavy atom. The molecule has 1 aromatic rings. The van der Waals surface area contributed by atoms with Crippen LogP contribution in [0.4, 0.5) is 5.69 Å². The lowest BCUT2D eigenvalue weighted by Crippen LogP contribution is -2.41. The van der Waals surface area contributed by atoms with Gasteiger partial charge in [-0.05, 0) is 43.0 Å². The molecule has 1 aliphatic rings. The number of nitrogens with two attached hydrogens (primary N) is 1. The maximum Gasteiger partial charge on any atom is 0.116 e. The molecule has 100 valence electrons. The molecule has 18 heavy (non-hydrogen) atoms. The number of quaternary nitrogens is 1. The molecule has 0 amide bonds. The van der Waals surface area contributed by atoms with Crippen LogP contribution in [0, 0.1) is 0 Å². The fourth-order valence-electron chi connectivity index (χ4n) is 2.94. The lowest BCUT2D eigenvalue weighted by Gasteiger charge is -2.29. The van der Waals surface area contributed by atoms with E-state index >= 15 is 0 Å². The van der Waals surface area contributed by atoms with Crippen LogP contribution in [0.25, 0.3) is 0 Å². The van der Waals surface area contributed by atoms with Crippen molar-refractivity contribution in [3.8, 4) is 5.75 Å². The highest BCUT2D eigenvalue weighted by molar-refractivity contribution is 5.50. The number of nitrogens with zero attached hydrogens (tertiary/aromatic N) is 1. The minimum absolute atomic E-state index is 0.317. The number of phenolic OH excluding ortho intramolecular Hbond substituents is 1. The summed E-state index contributed by atoms with van der Waals surface area (Å²) in [7, 11) is 2.37. The highest BCUT2D eigenvalue weighted by atomic mass is 16.3. The SMILES string of the molecule is C[N+]1(CCCCc2cc(O)ccc2N)CCCC1. The zero-order valence-corrected chi connectivity index (χ0v) is 11.4. The maximum absolute atomic E-state index is 9.45. The van der Waals surface area contributed by atoms with Gasteiger partial charge in [-0.1, -0.05) is 0 Å². The van der Waals surface area contributed by atoms with Crippen molar-refractivity contribution < 1.29 is 9.59 Å². The predicted molar refractivity (Wildman–Crippen MR) is 75.5 cm³/mol. The number of hydrogen-bond acceptors (Lipinski definition) is 2. The van der Waals surface area contributed by atoms with Crippen molar-refractivity contribution in [2.45, 2.75) is 32.1 Å². The fourth-order valence-corrected chi connectivity index (χ4v) is 2.94. The number of benzene rings is 1. The molecule has 1 heterocycles. The fraction of sp³-hybridized carbons (Fsp3) is 0.600. The van der Waals surface area contributed by atoms with E-state index < -0.39 is 0 Å². The Kier molecular flexibility index (Phi) is 4.12. The average molecular weight is 249 g/mol. The Balaban J connectivity index is 1.76. The monoisotopic (exact) mass is 249 g/mol. The van der Waals surface area contributed by atoms with Crippen LogP contribution in [0.1, 0.15) is 31.2 Å². The van der Waals surface area contributed by atoms with Gasteiger partial charge in [0.15, 0.2) is 0 Å². The third-order valence-electron chi connectivity index (χ3n) is 4.17. The minimum atomic E-state index is 0.317. The van der Waals surface area contributed by atoms with E-state index in [0.717, 1.165) is 24.1 Å². The van der Waals surface area contributed by atoms with E-state index in [0.29, 0.717) is 5.75 Å². The number of aryl methyl sites for hydroxylation is 1. The second-order valence-electron chi connectivity index (χ2n) is 5.84. The van der Waals surface area contributed by atoms with E-state index in [1.54, 1.807) is 18.2 Å². The molecule has 0 unspecified atom stereocenters. The topological polar surface area (TPSA) is 46.2 Å². The summed E-state index contributed by atoms with van der Waals surface area (Å²) >= 11 is 0. The van der Waals surface area contributed by atoms with Crippen molar-refractivity contribution in [3.05, 3.63) is 23.8 Å². The number of likely N-dealkylation sites (tertiary alicyclic amines) is 1. The lowest BCUT2D eigenvalue weighted by molar-refractivity contribution is -0.897. The van der Waals surface area contributed by atoms with E-state index in [-0.39, 0.29) is 0 Å². The lowest BCUT2D eigenvalue weighted by atomic mass is 10.1. The van der Waals surface area contributed by atoms with Gasteiger partial charge in [-0.2, -0.15) is 0 Å². The van der Waals surface area contributed by atoms with E-state index in [4.69, 9.17) is 5.73 Å². The van der Waals surface area contributed by atoms with Crippen molar-refractivity contribution >= 4 is 5.69 Å². The first-order valence-corrected chi connectivity index (χ1v) is 7.00. The molecule has 0 aromatic heterocycles. The summed E-state index contributed by atoms with van der Waals surface area (Å²) in [5, 5.41) is 9.45. The largest absolute Gasteiger partial charge is 0.508 e. The number of anilines is 1. The van der Waals surface area contributed by atoms with Gasteiger partial charge in [0.25, 0.3) is 0 Å². The quantitative estimate of drug-likeness (QED) is 0.364. The van der Waals surface area contributed by atoms with Crippen molar-refractivity contribution in [3.63, 3.8) is 0 Å². The normalized spacial score (nSPS) is 18.1. The third kappa shape index (κ3) is 3.39. The molecule has 0 bridgehead atoms. The molecule has 2 rings (SSSR count). The van der Waals surface area contributed by atoms with Crippen LogP contribution in [-0.4, -0.2) is 36.3 Å². The summed E-state index contributed by atoms with van der Waals surface area (Å²) in [6.07, 6.45) is 6.14. The predicted octanol–water partition coefficient (Wildman–Crippen LogP) is 2.54. The Labute approximate surface area is 110 Å². The molecule has 0 aliphatic carbocycles. The first-order valence-electron chi connectivity index (χ1n) is 7.00. The molecule has 0 radical (unpaired) electrons. The van der Waals surface area contributed by atoms with Gasteiger partial charge in [0.05, 0.1) is 26.7 Å². The molecule has 0 atom stereocenters. The zero-order valence-electron chi connectivity index (χ0n) is 11.4. The van der Waals surface area contributed by atoms with E-state index in [1.807, 2.05) is 0 Å².